The van der Waals surface area contributed by atoms with Crippen LogP contribution in [0.5, 0.6) is 0 Å². The molecule has 0 aromatic carbocycles. The summed E-state index contributed by atoms with van der Waals surface area (Å²) in [5, 5.41) is 7.99. The maximum atomic E-state index is 11.7. The lowest BCUT2D eigenvalue weighted by Gasteiger charge is -2.06. The van der Waals surface area contributed by atoms with Crippen LogP contribution in [0.3, 0.4) is 0 Å². The maximum Gasteiger partial charge on any atom is 0.270 e. The minimum atomic E-state index is -0.385. The SMILES string of the molecule is CNc1ccc(C(=O)NCC(=O)NCCOC)nc1. The van der Waals surface area contributed by atoms with Gasteiger partial charge in [0.05, 0.1) is 25.0 Å². The number of pyridine rings is 1. The topological polar surface area (TPSA) is 92.4 Å². The Kier molecular flexibility index (Phi) is 6.31. The molecular formula is C12H18N4O3. The highest BCUT2D eigenvalue weighted by atomic mass is 16.5. The molecule has 7 heteroatoms. The number of aromatic nitrogens is 1. The Bertz CT molecular complexity index is 419. The molecule has 0 bridgehead atoms. The molecule has 2 amide bonds. The van der Waals surface area contributed by atoms with Gasteiger partial charge in [0.15, 0.2) is 0 Å². The van der Waals surface area contributed by atoms with Crippen LogP contribution >= 0.6 is 0 Å². The molecule has 1 heterocycles. The van der Waals surface area contributed by atoms with Crippen LogP contribution in [0, 0.1) is 0 Å². The van der Waals surface area contributed by atoms with E-state index in [1.54, 1.807) is 32.5 Å². The quantitative estimate of drug-likeness (QED) is 0.585. The first-order valence-corrected chi connectivity index (χ1v) is 5.85. The number of amides is 2. The summed E-state index contributed by atoms with van der Waals surface area (Å²) < 4.78 is 4.79. The monoisotopic (exact) mass is 266 g/mol. The van der Waals surface area contributed by atoms with Crippen LogP contribution in [0.2, 0.25) is 0 Å². The number of hydrogen-bond donors (Lipinski definition) is 3. The third kappa shape index (κ3) is 5.35. The Morgan fingerprint density at radius 1 is 1.32 bits per heavy atom. The predicted octanol–water partition coefficient (Wildman–Crippen LogP) is -0.384. The van der Waals surface area contributed by atoms with Gasteiger partial charge in [0, 0.05) is 20.7 Å². The summed E-state index contributed by atoms with van der Waals surface area (Å²) in [6.07, 6.45) is 1.55. The highest BCUT2D eigenvalue weighted by molar-refractivity contribution is 5.94. The van der Waals surface area contributed by atoms with E-state index in [-0.39, 0.29) is 24.1 Å². The number of ether oxygens (including phenoxy) is 1. The zero-order valence-electron chi connectivity index (χ0n) is 11.0. The normalized spacial score (nSPS) is 9.79. The maximum absolute atomic E-state index is 11.7. The van der Waals surface area contributed by atoms with E-state index in [1.165, 1.54) is 0 Å². The van der Waals surface area contributed by atoms with Crippen LogP contribution < -0.4 is 16.0 Å². The van der Waals surface area contributed by atoms with Gasteiger partial charge in [-0.25, -0.2) is 4.98 Å². The smallest absolute Gasteiger partial charge is 0.270 e. The number of nitrogens with one attached hydrogen (secondary N) is 3. The Labute approximate surface area is 111 Å². The van der Waals surface area contributed by atoms with Crippen molar-refractivity contribution in [2.45, 2.75) is 0 Å². The van der Waals surface area contributed by atoms with Crippen molar-refractivity contribution in [3.63, 3.8) is 0 Å². The van der Waals surface area contributed by atoms with E-state index >= 15 is 0 Å². The van der Waals surface area contributed by atoms with Crippen LogP contribution in [-0.4, -0.2) is 50.7 Å². The molecule has 7 nitrogen and oxygen atoms in total. The van der Waals surface area contributed by atoms with Crippen molar-refractivity contribution < 1.29 is 14.3 Å². The van der Waals surface area contributed by atoms with Gasteiger partial charge in [-0.3, -0.25) is 9.59 Å². The van der Waals surface area contributed by atoms with Crippen molar-refractivity contribution >= 4 is 17.5 Å². The van der Waals surface area contributed by atoms with Crippen LogP contribution in [0.4, 0.5) is 5.69 Å². The number of nitrogens with zero attached hydrogens (tertiary/aromatic N) is 1. The molecule has 0 aliphatic rings. The molecule has 1 aromatic heterocycles. The fourth-order valence-electron chi connectivity index (χ4n) is 1.28. The van der Waals surface area contributed by atoms with Crippen molar-refractivity contribution in [2.75, 3.05) is 39.2 Å². The van der Waals surface area contributed by atoms with Gasteiger partial charge >= 0.3 is 0 Å². The second-order valence-electron chi connectivity index (χ2n) is 3.71. The lowest BCUT2D eigenvalue weighted by Crippen LogP contribution is -2.38. The zero-order chi connectivity index (χ0) is 14.1. The summed E-state index contributed by atoms with van der Waals surface area (Å²) in [4.78, 5) is 27.0. The van der Waals surface area contributed by atoms with Gasteiger partial charge in [0.25, 0.3) is 5.91 Å². The molecule has 104 valence electrons. The first-order valence-electron chi connectivity index (χ1n) is 5.85. The standard InChI is InChI=1S/C12H18N4O3/c1-13-9-3-4-10(15-7-9)12(18)16-8-11(17)14-5-6-19-2/h3-4,7,13H,5-6,8H2,1-2H3,(H,14,17)(H,16,18). The highest BCUT2D eigenvalue weighted by Crippen LogP contribution is 2.04. The van der Waals surface area contributed by atoms with E-state index in [0.717, 1.165) is 5.69 Å². The summed E-state index contributed by atoms with van der Waals surface area (Å²) in [6.45, 7) is 0.769. The number of rotatable bonds is 7. The second-order valence-corrected chi connectivity index (χ2v) is 3.71. The van der Waals surface area contributed by atoms with Gasteiger partial charge in [0.1, 0.15) is 5.69 Å². The van der Waals surface area contributed by atoms with Crippen LogP contribution in [0.1, 0.15) is 10.5 Å². The fourth-order valence-corrected chi connectivity index (χ4v) is 1.28. The summed E-state index contributed by atoms with van der Waals surface area (Å²) in [5.74, 6) is -0.651. The zero-order valence-corrected chi connectivity index (χ0v) is 11.0. The van der Waals surface area contributed by atoms with E-state index in [2.05, 4.69) is 20.9 Å². The lowest BCUT2D eigenvalue weighted by atomic mass is 10.3. The van der Waals surface area contributed by atoms with Gasteiger partial charge in [-0.2, -0.15) is 0 Å². The molecule has 0 atom stereocenters. The molecule has 0 radical (unpaired) electrons. The average molecular weight is 266 g/mol. The molecule has 0 aliphatic heterocycles. The molecule has 1 rings (SSSR count). The molecule has 3 N–H and O–H groups in total. The van der Waals surface area contributed by atoms with Crippen molar-refractivity contribution in [3.05, 3.63) is 24.0 Å². The van der Waals surface area contributed by atoms with Crippen molar-refractivity contribution in [1.82, 2.24) is 15.6 Å². The molecule has 1 aromatic rings. The number of carbonyl (C=O) groups excluding carboxylic acids is 2. The van der Waals surface area contributed by atoms with Gasteiger partial charge in [-0.1, -0.05) is 0 Å². The second kappa shape index (κ2) is 8.04. The minimum absolute atomic E-state index is 0.0853. The highest BCUT2D eigenvalue weighted by Gasteiger charge is 2.08. The van der Waals surface area contributed by atoms with E-state index in [4.69, 9.17) is 4.74 Å². The summed E-state index contributed by atoms with van der Waals surface area (Å²) >= 11 is 0. The number of anilines is 1. The van der Waals surface area contributed by atoms with E-state index < -0.39 is 0 Å². The molecule has 0 unspecified atom stereocenters. The predicted molar refractivity (Wildman–Crippen MR) is 71.0 cm³/mol. The van der Waals surface area contributed by atoms with Crippen molar-refractivity contribution in [1.29, 1.82) is 0 Å². The van der Waals surface area contributed by atoms with Gasteiger partial charge in [-0.05, 0) is 12.1 Å². The molecule has 0 fully saturated rings. The fraction of sp³-hybridized carbons (Fsp3) is 0.417. The number of methoxy groups -OCH3 is 1. The van der Waals surface area contributed by atoms with Gasteiger partial charge in [-0.15, -0.1) is 0 Å². The lowest BCUT2D eigenvalue weighted by molar-refractivity contribution is -0.120. The third-order valence-electron chi connectivity index (χ3n) is 2.32. The van der Waals surface area contributed by atoms with Crippen LogP contribution in [0.15, 0.2) is 18.3 Å². The summed E-state index contributed by atoms with van der Waals surface area (Å²) in [7, 11) is 3.32. The molecule has 0 saturated heterocycles. The third-order valence-corrected chi connectivity index (χ3v) is 2.32. The molecule has 0 aliphatic carbocycles. The Hall–Kier alpha value is -2.15. The minimum Gasteiger partial charge on any atom is -0.387 e. The Morgan fingerprint density at radius 2 is 2.11 bits per heavy atom. The Balaban J connectivity index is 2.35. The van der Waals surface area contributed by atoms with Crippen molar-refractivity contribution in [3.8, 4) is 0 Å². The van der Waals surface area contributed by atoms with Crippen molar-refractivity contribution in [2.24, 2.45) is 0 Å². The van der Waals surface area contributed by atoms with E-state index in [0.29, 0.717) is 13.2 Å². The molecular weight excluding hydrogens is 248 g/mol. The van der Waals surface area contributed by atoms with Gasteiger partial charge < -0.3 is 20.7 Å². The molecule has 19 heavy (non-hydrogen) atoms. The van der Waals surface area contributed by atoms with E-state index in [9.17, 15) is 9.59 Å². The van der Waals surface area contributed by atoms with Crippen LogP contribution in [-0.2, 0) is 9.53 Å². The Morgan fingerprint density at radius 3 is 2.68 bits per heavy atom. The largest absolute Gasteiger partial charge is 0.387 e. The van der Waals surface area contributed by atoms with Crippen LogP contribution in [0.25, 0.3) is 0 Å². The van der Waals surface area contributed by atoms with Gasteiger partial charge in [0.2, 0.25) is 5.91 Å². The summed E-state index contributed by atoms with van der Waals surface area (Å²) in [6, 6.07) is 3.32. The summed E-state index contributed by atoms with van der Waals surface area (Å²) in [5.41, 5.74) is 1.08. The molecule has 0 spiro atoms. The number of carbonyl (C=O) groups is 2. The first-order chi connectivity index (χ1) is 9.17. The first kappa shape index (κ1) is 14.9. The van der Waals surface area contributed by atoms with E-state index in [1.807, 2.05) is 0 Å². The number of hydrogen-bond acceptors (Lipinski definition) is 5. The average Bonchev–Trinajstić information content (AvgIpc) is 2.45. The molecule has 0 saturated carbocycles.